The van der Waals surface area contributed by atoms with Crippen molar-refractivity contribution in [1.29, 1.82) is 0 Å². The van der Waals surface area contributed by atoms with E-state index in [0.29, 0.717) is 12.5 Å². The Morgan fingerprint density at radius 1 is 1.16 bits per heavy atom. The van der Waals surface area contributed by atoms with E-state index in [4.69, 9.17) is 14.5 Å². The highest BCUT2D eigenvalue weighted by atomic mass is 19.1. The zero-order chi connectivity index (χ0) is 22.6. The Bertz CT molecular complexity index is 673. The number of rotatable bonds is 10. The summed E-state index contributed by atoms with van der Waals surface area (Å²) in [4.78, 5) is 9.79. The number of morpholine rings is 1. The lowest BCUT2D eigenvalue weighted by Crippen LogP contribution is -2.44. The molecule has 7 nitrogen and oxygen atoms in total. The first-order chi connectivity index (χ1) is 15.7. The fourth-order valence-corrected chi connectivity index (χ4v) is 4.40. The molecule has 2 fully saturated rings. The third kappa shape index (κ3) is 7.99. The Kier molecular flexibility index (Phi) is 10.7. The average molecular weight is 450 g/mol. The molecule has 0 bridgehead atoms. The highest BCUT2D eigenvalue weighted by molar-refractivity contribution is 5.79. The molecule has 1 unspecified atom stereocenters. The second kappa shape index (κ2) is 13.7. The van der Waals surface area contributed by atoms with Gasteiger partial charge < -0.3 is 25.0 Å². The Morgan fingerprint density at radius 2 is 1.88 bits per heavy atom. The molecule has 0 spiro atoms. The lowest BCUT2D eigenvalue weighted by Gasteiger charge is -2.34. The molecular formula is C24H40FN5O2. The minimum Gasteiger partial charge on any atom is -0.383 e. The molecular weight excluding hydrogens is 409 g/mol. The number of halogens is 1. The van der Waals surface area contributed by atoms with Crippen molar-refractivity contribution >= 4 is 5.96 Å². The van der Waals surface area contributed by atoms with Gasteiger partial charge in [-0.25, -0.2) is 4.39 Å². The smallest absolute Gasteiger partial charge is 0.191 e. The van der Waals surface area contributed by atoms with Crippen molar-refractivity contribution in [2.24, 2.45) is 10.9 Å². The van der Waals surface area contributed by atoms with Crippen LogP contribution < -0.4 is 10.6 Å². The number of methoxy groups -OCH3 is 1. The number of hydrogen-bond donors (Lipinski definition) is 2. The Balaban J connectivity index is 1.57. The van der Waals surface area contributed by atoms with Gasteiger partial charge in [-0.3, -0.25) is 9.89 Å². The summed E-state index contributed by atoms with van der Waals surface area (Å²) in [5.74, 6) is 1.31. The number of benzene rings is 1. The molecule has 3 rings (SSSR count). The molecule has 0 saturated carbocycles. The summed E-state index contributed by atoms with van der Waals surface area (Å²) >= 11 is 0. The summed E-state index contributed by atoms with van der Waals surface area (Å²) < 4.78 is 24.2. The summed E-state index contributed by atoms with van der Waals surface area (Å²) in [6.07, 6.45) is 2.39. The highest BCUT2D eigenvalue weighted by Gasteiger charge is 2.23. The Hall–Kier alpha value is -1.74. The maximum Gasteiger partial charge on any atom is 0.191 e. The standard InChI is InChI=1S/C24H40FN5O2/c1-3-26-24(27-18-20-8-10-29(11-9-20)12-15-31-2)28-19-23(30-13-16-32-17-14-30)21-4-6-22(25)7-5-21/h4-7,20,23H,3,8-19H2,1-2H3,(H2,26,27,28). The number of aliphatic imine (C=N–C) groups is 1. The fraction of sp³-hybridized carbons (Fsp3) is 0.708. The number of guanidine groups is 1. The summed E-state index contributed by atoms with van der Waals surface area (Å²) in [6, 6.07) is 6.94. The molecule has 0 aromatic heterocycles. The summed E-state index contributed by atoms with van der Waals surface area (Å²) in [7, 11) is 1.76. The normalized spacial score (nSPS) is 20.3. The molecule has 2 N–H and O–H groups in total. The molecule has 1 aromatic carbocycles. The third-order valence-electron chi connectivity index (χ3n) is 6.38. The second-order valence-corrected chi connectivity index (χ2v) is 8.59. The monoisotopic (exact) mass is 449 g/mol. The summed E-state index contributed by atoms with van der Waals surface area (Å²) in [5, 5.41) is 6.95. The first-order valence-electron chi connectivity index (χ1n) is 12.0. The average Bonchev–Trinajstić information content (AvgIpc) is 2.83. The summed E-state index contributed by atoms with van der Waals surface area (Å²) in [5.41, 5.74) is 1.09. The van der Waals surface area contributed by atoms with Crippen LogP contribution in [-0.2, 0) is 9.47 Å². The highest BCUT2D eigenvalue weighted by Crippen LogP contribution is 2.23. The van der Waals surface area contributed by atoms with Crippen molar-refractivity contribution in [3.8, 4) is 0 Å². The van der Waals surface area contributed by atoms with Gasteiger partial charge in [-0.15, -0.1) is 0 Å². The zero-order valence-corrected chi connectivity index (χ0v) is 19.7. The van der Waals surface area contributed by atoms with E-state index in [1.807, 2.05) is 12.1 Å². The Morgan fingerprint density at radius 3 is 2.53 bits per heavy atom. The lowest BCUT2D eigenvalue weighted by molar-refractivity contribution is 0.0179. The summed E-state index contributed by atoms with van der Waals surface area (Å²) in [6.45, 7) is 11.7. The van der Waals surface area contributed by atoms with Gasteiger partial charge in [-0.05, 0) is 56.5 Å². The predicted molar refractivity (Wildman–Crippen MR) is 127 cm³/mol. The molecule has 2 heterocycles. The molecule has 2 saturated heterocycles. The van der Waals surface area contributed by atoms with Gasteiger partial charge in [0, 0.05) is 39.8 Å². The largest absolute Gasteiger partial charge is 0.383 e. The molecule has 1 aromatic rings. The predicted octanol–water partition coefficient (Wildman–Crippen LogP) is 2.11. The van der Waals surface area contributed by atoms with Crippen LogP contribution in [0.25, 0.3) is 0 Å². The van der Waals surface area contributed by atoms with Crippen molar-refractivity contribution in [2.75, 3.05) is 79.3 Å². The molecule has 0 radical (unpaired) electrons. The van der Waals surface area contributed by atoms with Crippen molar-refractivity contribution in [3.63, 3.8) is 0 Å². The van der Waals surface area contributed by atoms with E-state index in [2.05, 4.69) is 27.4 Å². The Labute approximate surface area is 192 Å². The number of nitrogens with one attached hydrogen (secondary N) is 2. The van der Waals surface area contributed by atoms with E-state index >= 15 is 0 Å². The minimum atomic E-state index is -0.207. The van der Waals surface area contributed by atoms with E-state index in [1.165, 1.54) is 25.0 Å². The molecule has 180 valence electrons. The van der Waals surface area contributed by atoms with E-state index in [9.17, 15) is 4.39 Å². The van der Waals surface area contributed by atoms with Crippen LogP contribution in [0.15, 0.2) is 29.3 Å². The van der Waals surface area contributed by atoms with Gasteiger partial charge in [0.15, 0.2) is 5.96 Å². The number of ether oxygens (including phenoxy) is 2. The molecule has 2 aliphatic heterocycles. The van der Waals surface area contributed by atoms with Crippen LogP contribution in [0.3, 0.4) is 0 Å². The van der Waals surface area contributed by atoms with E-state index in [-0.39, 0.29) is 11.9 Å². The van der Waals surface area contributed by atoms with Gasteiger partial charge in [-0.2, -0.15) is 0 Å². The molecule has 0 amide bonds. The first-order valence-corrected chi connectivity index (χ1v) is 12.0. The number of hydrogen-bond acceptors (Lipinski definition) is 5. The third-order valence-corrected chi connectivity index (χ3v) is 6.38. The molecule has 1 atom stereocenters. The molecule has 2 aliphatic rings. The second-order valence-electron chi connectivity index (χ2n) is 8.59. The van der Waals surface area contributed by atoms with Crippen LogP contribution >= 0.6 is 0 Å². The van der Waals surface area contributed by atoms with Crippen molar-refractivity contribution in [2.45, 2.75) is 25.8 Å². The van der Waals surface area contributed by atoms with Crippen LogP contribution in [0.4, 0.5) is 4.39 Å². The van der Waals surface area contributed by atoms with Crippen LogP contribution in [-0.4, -0.2) is 95.0 Å². The number of nitrogens with zero attached hydrogens (tertiary/aromatic N) is 3. The van der Waals surface area contributed by atoms with E-state index < -0.39 is 0 Å². The maximum atomic E-state index is 13.5. The van der Waals surface area contributed by atoms with Gasteiger partial charge >= 0.3 is 0 Å². The van der Waals surface area contributed by atoms with Crippen LogP contribution in [0.1, 0.15) is 31.4 Å². The van der Waals surface area contributed by atoms with Gasteiger partial charge in [-0.1, -0.05) is 12.1 Å². The number of likely N-dealkylation sites (tertiary alicyclic amines) is 1. The maximum absolute atomic E-state index is 13.5. The van der Waals surface area contributed by atoms with E-state index in [0.717, 1.165) is 77.2 Å². The lowest BCUT2D eigenvalue weighted by atomic mass is 9.97. The molecule has 0 aliphatic carbocycles. The van der Waals surface area contributed by atoms with Crippen LogP contribution in [0.2, 0.25) is 0 Å². The number of piperidine rings is 1. The topological polar surface area (TPSA) is 61.4 Å². The molecule has 32 heavy (non-hydrogen) atoms. The van der Waals surface area contributed by atoms with Crippen molar-refractivity contribution in [3.05, 3.63) is 35.6 Å². The van der Waals surface area contributed by atoms with Crippen LogP contribution in [0, 0.1) is 11.7 Å². The van der Waals surface area contributed by atoms with Crippen molar-refractivity contribution in [1.82, 2.24) is 20.4 Å². The van der Waals surface area contributed by atoms with Gasteiger partial charge in [0.05, 0.1) is 32.4 Å². The first kappa shape index (κ1) is 24.9. The molecule has 8 heteroatoms. The quantitative estimate of drug-likeness (QED) is 0.422. The minimum absolute atomic E-state index is 0.110. The van der Waals surface area contributed by atoms with Gasteiger partial charge in [0.2, 0.25) is 0 Å². The van der Waals surface area contributed by atoms with Gasteiger partial charge in [0.25, 0.3) is 0 Å². The van der Waals surface area contributed by atoms with E-state index in [1.54, 1.807) is 7.11 Å². The zero-order valence-electron chi connectivity index (χ0n) is 19.7. The van der Waals surface area contributed by atoms with Gasteiger partial charge in [0.1, 0.15) is 5.82 Å². The SMILES string of the molecule is CCNC(=NCC(c1ccc(F)cc1)N1CCOCC1)NCC1CCN(CCOC)CC1. The fourth-order valence-electron chi connectivity index (χ4n) is 4.40. The van der Waals surface area contributed by atoms with Crippen LogP contribution in [0.5, 0.6) is 0 Å². The van der Waals surface area contributed by atoms with Crippen molar-refractivity contribution < 1.29 is 13.9 Å².